The van der Waals surface area contributed by atoms with Crippen LogP contribution in [0.25, 0.3) is 10.8 Å². The predicted molar refractivity (Wildman–Crippen MR) is 162 cm³/mol. The molecule has 0 spiro atoms. The summed E-state index contributed by atoms with van der Waals surface area (Å²) in [6.07, 6.45) is 7.64. The van der Waals surface area contributed by atoms with E-state index in [0.29, 0.717) is 11.1 Å². The Morgan fingerprint density at radius 3 is 1.87 bits per heavy atom. The van der Waals surface area contributed by atoms with Crippen molar-refractivity contribution in [2.45, 2.75) is 38.5 Å². The van der Waals surface area contributed by atoms with E-state index < -0.39 is 0 Å². The second-order valence-corrected chi connectivity index (χ2v) is 10.7. The number of hydrogen-bond donors (Lipinski definition) is 3. The van der Waals surface area contributed by atoms with Gasteiger partial charge in [-0.25, -0.2) is 0 Å². The molecule has 1 amide bonds. The van der Waals surface area contributed by atoms with Crippen LogP contribution in [0.2, 0.25) is 0 Å². The van der Waals surface area contributed by atoms with E-state index in [1.54, 1.807) is 6.07 Å². The fourth-order valence-corrected chi connectivity index (χ4v) is 5.78. The first kappa shape index (κ1) is 25.1. The number of amides is 1. The lowest BCUT2D eigenvalue weighted by molar-refractivity contribution is 0.102. The number of carbonyl (C=O) groups is 1. The number of carbonyl (C=O) groups excluding carboxylic acids is 1. The molecule has 2 aliphatic heterocycles. The van der Waals surface area contributed by atoms with Gasteiger partial charge in [0.15, 0.2) is 0 Å². The molecule has 2 fully saturated rings. The van der Waals surface area contributed by atoms with Crippen LogP contribution in [0.1, 0.15) is 48.9 Å². The van der Waals surface area contributed by atoms with Gasteiger partial charge in [0.05, 0.1) is 5.56 Å². The molecule has 0 bridgehead atoms. The number of fused-ring (bicyclic) bond motifs is 1. The molecule has 0 unspecified atom stereocenters. The van der Waals surface area contributed by atoms with Crippen molar-refractivity contribution in [2.24, 2.45) is 0 Å². The Morgan fingerprint density at radius 2 is 1.23 bits per heavy atom. The summed E-state index contributed by atoms with van der Waals surface area (Å²) in [6, 6.07) is 25.6. The number of rotatable bonds is 6. The van der Waals surface area contributed by atoms with Crippen molar-refractivity contribution in [3.63, 3.8) is 0 Å². The van der Waals surface area contributed by atoms with Gasteiger partial charge in [-0.05, 0) is 92.4 Å². The van der Waals surface area contributed by atoms with Gasteiger partial charge in [0.1, 0.15) is 5.75 Å². The van der Waals surface area contributed by atoms with Gasteiger partial charge >= 0.3 is 0 Å². The average Bonchev–Trinajstić information content (AvgIpc) is 2.99. The Labute approximate surface area is 230 Å². The summed E-state index contributed by atoms with van der Waals surface area (Å²) in [5.41, 5.74) is 5.56. The molecule has 4 aromatic rings. The quantitative estimate of drug-likeness (QED) is 0.245. The molecule has 0 saturated carbocycles. The van der Waals surface area contributed by atoms with E-state index in [2.05, 4.69) is 38.6 Å². The maximum atomic E-state index is 12.9. The molecule has 2 heterocycles. The van der Waals surface area contributed by atoms with Gasteiger partial charge in [0, 0.05) is 60.0 Å². The first-order valence-electron chi connectivity index (χ1n) is 14.2. The number of nitrogens with zero attached hydrogens (tertiary/aromatic N) is 2. The summed E-state index contributed by atoms with van der Waals surface area (Å²) < 4.78 is 0. The molecule has 0 radical (unpaired) electrons. The van der Waals surface area contributed by atoms with Crippen LogP contribution in [0.15, 0.2) is 78.9 Å². The first-order chi connectivity index (χ1) is 19.1. The third kappa shape index (κ3) is 5.65. The Morgan fingerprint density at radius 1 is 0.641 bits per heavy atom. The Kier molecular flexibility index (Phi) is 7.26. The summed E-state index contributed by atoms with van der Waals surface area (Å²) >= 11 is 0. The fraction of sp³-hybridized carbons (Fsp3) is 0.303. The second-order valence-electron chi connectivity index (χ2n) is 10.7. The molecule has 2 saturated heterocycles. The van der Waals surface area contributed by atoms with Gasteiger partial charge in [0.2, 0.25) is 0 Å². The van der Waals surface area contributed by atoms with Crippen LogP contribution in [-0.4, -0.2) is 37.2 Å². The van der Waals surface area contributed by atoms with Gasteiger partial charge in [-0.15, -0.1) is 0 Å². The molecule has 3 N–H and O–H groups in total. The van der Waals surface area contributed by atoms with Crippen LogP contribution >= 0.6 is 0 Å². The van der Waals surface area contributed by atoms with Gasteiger partial charge in [-0.1, -0.05) is 30.3 Å². The highest BCUT2D eigenvalue weighted by Crippen LogP contribution is 2.33. The van der Waals surface area contributed by atoms with Crippen LogP contribution in [-0.2, 0) is 0 Å². The SMILES string of the molecule is O=C(Nc1ccc(Nc2cc(N3CCCCC3)cc(N3CCCCC3)c2)cc1)c1ccc2ccccc2c1O. The number of phenolic OH excluding ortho intramolecular Hbond substituents is 1. The number of hydrogen-bond acceptors (Lipinski definition) is 5. The first-order valence-corrected chi connectivity index (χ1v) is 14.2. The highest BCUT2D eigenvalue weighted by Gasteiger charge is 2.17. The molecule has 0 aliphatic carbocycles. The Balaban J connectivity index is 1.19. The van der Waals surface area contributed by atoms with E-state index in [0.717, 1.165) is 42.9 Å². The average molecular weight is 521 g/mol. The van der Waals surface area contributed by atoms with E-state index in [-0.39, 0.29) is 17.2 Å². The highest BCUT2D eigenvalue weighted by molar-refractivity contribution is 6.09. The third-order valence-electron chi connectivity index (χ3n) is 7.92. The van der Waals surface area contributed by atoms with Gasteiger partial charge in [0.25, 0.3) is 5.91 Å². The van der Waals surface area contributed by atoms with Gasteiger partial charge in [-0.3, -0.25) is 4.79 Å². The van der Waals surface area contributed by atoms with Crippen LogP contribution in [0.5, 0.6) is 5.75 Å². The molecule has 0 atom stereocenters. The van der Waals surface area contributed by atoms with Gasteiger partial charge < -0.3 is 25.5 Å². The van der Waals surface area contributed by atoms with Crippen molar-refractivity contribution < 1.29 is 9.90 Å². The normalized spacial score (nSPS) is 15.8. The molecule has 200 valence electrons. The number of phenols is 1. The third-order valence-corrected chi connectivity index (χ3v) is 7.92. The Bertz CT molecular complexity index is 1420. The van der Waals surface area contributed by atoms with E-state index in [4.69, 9.17) is 0 Å². The zero-order valence-corrected chi connectivity index (χ0v) is 22.3. The summed E-state index contributed by atoms with van der Waals surface area (Å²) in [5, 5.41) is 18.7. The van der Waals surface area contributed by atoms with Crippen LogP contribution < -0.4 is 20.4 Å². The summed E-state index contributed by atoms with van der Waals surface area (Å²) in [7, 11) is 0. The van der Waals surface area contributed by atoms with E-state index in [1.165, 1.54) is 49.9 Å². The van der Waals surface area contributed by atoms with Crippen LogP contribution in [0, 0.1) is 0 Å². The van der Waals surface area contributed by atoms with E-state index >= 15 is 0 Å². The van der Waals surface area contributed by atoms with Crippen LogP contribution in [0.4, 0.5) is 28.4 Å². The summed E-state index contributed by atoms with van der Waals surface area (Å²) in [5.74, 6) is -0.332. The van der Waals surface area contributed by atoms with Crippen molar-refractivity contribution in [1.29, 1.82) is 0 Å². The monoisotopic (exact) mass is 520 g/mol. The maximum Gasteiger partial charge on any atom is 0.259 e. The molecule has 6 heteroatoms. The second kappa shape index (κ2) is 11.3. The lowest BCUT2D eigenvalue weighted by Crippen LogP contribution is -2.31. The molecule has 4 aromatic carbocycles. The largest absolute Gasteiger partial charge is 0.506 e. The minimum absolute atomic E-state index is 0.00184. The molecule has 6 nitrogen and oxygen atoms in total. The molecular weight excluding hydrogens is 484 g/mol. The number of aromatic hydroxyl groups is 1. The molecular formula is C33H36N4O2. The van der Waals surface area contributed by atoms with Crippen molar-refractivity contribution in [3.8, 4) is 5.75 Å². The summed E-state index contributed by atoms with van der Waals surface area (Å²) in [6.45, 7) is 4.46. The zero-order chi connectivity index (χ0) is 26.6. The molecule has 2 aliphatic rings. The number of anilines is 5. The molecule has 39 heavy (non-hydrogen) atoms. The highest BCUT2D eigenvalue weighted by atomic mass is 16.3. The minimum Gasteiger partial charge on any atom is -0.506 e. The minimum atomic E-state index is -0.334. The predicted octanol–water partition coefficient (Wildman–Crippen LogP) is 7.52. The number of piperidine rings is 2. The van der Waals surface area contributed by atoms with Crippen molar-refractivity contribution in [3.05, 3.63) is 84.4 Å². The van der Waals surface area contributed by atoms with Crippen molar-refractivity contribution in [1.82, 2.24) is 0 Å². The smallest absolute Gasteiger partial charge is 0.259 e. The van der Waals surface area contributed by atoms with Crippen molar-refractivity contribution >= 4 is 45.1 Å². The standard InChI is InChI=1S/C33H36N4O2/c38-32-30-10-4-3-9-24(30)11-16-31(32)33(39)35-26-14-12-25(13-15-26)34-27-21-28(36-17-5-1-6-18-36)23-29(22-27)37-19-7-2-8-20-37/h3-4,9-16,21-23,34,38H,1-2,5-8,17-20H2,(H,35,39). The fourth-order valence-electron chi connectivity index (χ4n) is 5.78. The number of benzene rings is 4. The lowest BCUT2D eigenvalue weighted by Gasteiger charge is -2.33. The zero-order valence-electron chi connectivity index (χ0n) is 22.3. The van der Waals surface area contributed by atoms with E-state index in [1.807, 2.05) is 54.6 Å². The maximum absolute atomic E-state index is 12.9. The van der Waals surface area contributed by atoms with Crippen LogP contribution in [0.3, 0.4) is 0 Å². The summed E-state index contributed by atoms with van der Waals surface area (Å²) in [4.78, 5) is 18.0. The lowest BCUT2D eigenvalue weighted by atomic mass is 10.0. The Hall–Kier alpha value is -4.19. The number of nitrogens with one attached hydrogen (secondary N) is 2. The van der Waals surface area contributed by atoms with Crippen molar-refractivity contribution in [2.75, 3.05) is 46.6 Å². The topological polar surface area (TPSA) is 67.8 Å². The van der Waals surface area contributed by atoms with E-state index in [9.17, 15) is 9.90 Å². The molecule has 0 aromatic heterocycles. The van der Waals surface area contributed by atoms with Gasteiger partial charge in [-0.2, -0.15) is 0 Å². The molecule has 6 rings (SSSR count).